The maximum absolute atomic E-state index is 12.5. The van der Waals surface area contributed by atoms with Gasteiger partial charge in [0.1, 0.15) is 9.71 Å². The molecule has 1 aliphatic rings. The van der Waals surface area contributed by atoms with E-state index in [-0.39, 0.29) is 16.5 Å². The van der Waals surface area contributed by atoms with Crippen molar-refractivity contribution in [3.05, 3.63) is 29.1 Å². The Bertz CT molecular complexity index is 1140. The number of carbonyl (C=O) groups excluding carboxylic acids is 2. The van der Waals surface area contributed by atoms with Crippen LogP contribution in [-0.2, 0) is 4.79 Å². The average Bonchev–Trinajstić information content (AvgIpc) is 3.10. The molecule has 0 radical (unpaired) electrons. The molecule has 0 bridgehead atoms. The first-order valence-electron chi connectivity index (χ1n) is 9.60. The minimum atomic E-state index is -0.589. The summed E-state index contributed by atoms with van der Waals surface area (Å²) in [5, 5.41) is 4.14. The monoisotopic (exact) mass is 474 g/mol. The molecule has 2 amide bonds. The number of anilines is 2. The highest BCUT2D eigenvalue weighted by atomic mass is 32.2. The molecule has 0 unspecified atom stereocenters. The van der Waals surface area contributed by atoms with Crippen molar-refractivity contribution in [2.45, 2.75) is 5.16 Å². The maximum Gasteiger partial charge on any atom is 0.260 e. The zero-order chi connectivity index (χ0) is 22.0. The van der Waals surface area contributed by atoms with Crippen LogP contribution in [-0.4, -0.2) is 64.1 Å². The fourth-order valence-electron chi connectivity index (χ4n) is 3.39. The Balaban J connectivity index is 1.66. The fraction of sp³-hybridized carbons (Fsp3) is 0.300. The van der Waals surface area contributed by atoms with E-state index in [9.17, 15) is 9.59 Å². The van der Waals surface area contributed by atoms with Crippen molar-refractivity contribution in [3.8, 4) is 11.3 Å². The molecule has 4 rings (SSSR count). The van der Waals surface area contributed by atoms with Gasteiger partial charge in [0.05, 0.1) is 23.3 Å². The lowest BCUT2D eigenvalue weighted by Crippen LogP contribution is -2.38. The van der Waals surface area contributed by atoms with Gasteiger partial charge in [-0.15, -0.1) is 11.3 Å². The lowest BCUT2D eigenvalue weighted by molar-refractivity contribution is -0.117. The van der Waals surface area contributed by atoms with Crippen LogP contribution in [0.4, 0.5) is 11.4 Å². The van der Waals surface area contributed by atoms with Crippen LogP contribution in [0, 0.1) is 0 Å². The number of thioether (sulfide) groups is 2. The molecule has 8 nitrogen and oxygen atoms in total. The minimum absolute atomic E-state index is 0.0484. The van der Waals surface area contributed by atoms with E-state index in [4.69, 9.17) is 11.5 Å². The summed E-state index contributed by atoms with van der Waals surface area (Å²) in [4.78, 5) is 36.5. The number of aromatic nitrogens is 2. The number of hydrogen-bond donors (Lipinski definition) is 3. The van der Waals surface area contributed by atoms with E-state index in [0.717, 1.165) is 41.5 Å². The zero-order valence-corrected chi connectivity index (χ0v) is 19.3. The number of benzene rings is 1. The molecule has 5 N–H and O–H groups in total. The molecule has 11 heteroatoms. The summed E-state index contributed by atoms with van der Waals surface area (Å²) >= 11 is 4.48. The normalized spacial score (nSPS) is 14.6. The van der Waals surface area contributed by atoms with Gasteiger partial charge >= 0.3 is 0 Å². The minimum Gasteiger partial charge on any atom is -0.397 e. The van der Waals surface area contributed by atoms with Crippen LogP contribution in [0.3, 0.4) is 0 Å². The molecule has 3 heterocycles. The van der Waals surface area contributed by atoms with Crippen LogP contribution in [0.2, 0.25) is 0 Å². The second-order valence-electron chi connectivity index (χ2n) is 6.97. The first-order valence-corrected chi connectivity index (χ1v) is 12.8. The van der Waals surface area contributed by atoms with Crippen LogP contribution in [0.1, 0.15) is 9.67 Å². The number of carbonyl (C=O) groups is 2. The number of hydrogen-bond acceptors (Lipinski definition) is 9. The summed E-state index contributed by atoms with van der Waals surface area (Å²) < 4.78 is 0. The Labute approximate surface area is 192 Å². The predicted molar refractivity (Wildman–Crippen MR) is 130 cm³/mol. The summed E-state index contributed by atoms with van der Waals surface area (Å²) in [6.07, 6.45) is 1.88. The predicted octanol–water partition coefficient (Wildman–Crippen LogP) is 2.75. The van der Waals surface area contributed by atoms with E-state index >= 15 is 0 Å². The third-order valence-electron chi connectivity index (χ3n) is 4.87. The van der Waals surface area contributed by atoms with E-state index in [2.05, 4.69) is 20.2 Å². The number of rotatable bonds is 6. The zero-order valence-electron chi connectivity index (χ0n) is 16.9. The summed E-state index contributed by atoms with van der Waals surface area (Å²) in [7, 11) is 0. The van der Waals surface area contributed by atoms with Gasteiger partial charge in [-0.1, -0.05) is 23.9 Å². The molecule has 162 valence electrons. The first-order chi connectivity index (χ1) is 15.0. The molecule has 1 aromatic carbocycles. The fourth-order valence-corrected chi connectivity index (χ4v) is 5.74. The van der Waals surface area contributed by atoms with Crippen molar-refractivity contribution in [1.29, 1.82) is 0 Å². The standard InChI is InChI=1S/C20H22N6O2S3/c1-29-20-24-16(14-15(21)17(18(22)28)31-19(14)25-20)11-3-2-4-12(9-11)23-13(27)10-26-5-7-30-8-6-26/h2-4,9H,5-8,10,21H2,1H3,(H2,22,28)(H,23,27). The average molecular weight is 475 g/mol. The van der Waals surface area contributed by atoms with Crippen molar-refractivity contribution in [1.82, 2.24) is 14.9 Å². The van der Waals surface area contributed by atoms with Crippen LogP contribution in [0.25, 0.3) is 21.5 Å². The van der Waals surface area contributed by atoms with Gasteiger partial charge in [0, 0.05) is 35.8 Å². The van der Waals surface area contributed by atoms with Crippen LogP contribution >= 0.6 is 34.9 Å². The number of primary amides is 1. The Morgan fingerprint density at radius 2 is 2.03 bits per heavy atom. The quantitative estimate of drug-likeness (QED) is 0.368. The molecular weight excluding hydrogens is 452 g/mol. The van der Waals surface area contributed by atoms with E-state index in [1.54, 1.807) is 0 Å². The van der Waals surface area contributed by atoms with Gasteiger partial charge in [-0.05, 0) is 18.4 Å². The molecular formula is C20H22N6O2S3. The Kier molecular flexibility index (Phi) is 6.65. The number of thiophene rings is 1. The molecule has 1 fully saturated rings. The van der Waals surface area contributed by atoms with Crippen molar-refractivity contribution >= 4 is 68.3 Å². The lowest BCUT2D eigenvalue weighted by Gasteiger charge is -2.25. The summed E-state index contributed by atoms with van der Waals surface area (Å²) in [5.41, 5.74) is 14.1. The number of fused-ring (bicyclic) bond motifs is 1. The van der Waals surface area contributed by atoms with Crippen molar-refractivity contribution < 1.29 is 9.59 Å². The van der Waals surface area contributed by atoms with Gasteiger partial charge in [-0.2, -0.15) is 11.8 Å². The summed E-state index contributed by atoms with van der Waals surface area (Å²) in [5.74, 6) is 1.47. The molecule has 0 saturated carbocycles. The second-order valence-corrected chi connectivity index (χ2v) is 9.96. The van der Waals surface area contributed by atoms with Crippen molar-refractivity contribution in [3.63, 3.8) is 0 Å². The highest BCUT2D eigenvalue weighted by Gasteiger charge is 2.21. The molecule has 2 aromatic heterocycles. The second kappa shape index (κ2) is 9.43. The Morgan fingerprint density at radius 1 is 1.26 bits per heavy atom. The summed E-state index contributed by atoms with van der Waals surface area (Å²) in [6, 6.07) is 7.45. The van der Waals surface area contributed by atoms with Gasteiger partial charge in [-0.3, -0.25) is 14.5 Å². The van der Waals surface area contributed by atoms with Crippen molar-refractivity contribution in [2.75, 3.05) is 48.4 Å². The van der Waals surface area contributed by atoms with E-state index in [1.165, 1.54) is 11.8 Å². The van der Waals surface area contributed by atoms with Crippen LogP contribution < -0.4 is 16.8 Å². The molecule has 1 saturated heterocycles. The lowest BCUT2D eigenvalue weighted by atomic mass is 10.1. The van der Waals surface area contributed by atoms with E-state index in [1.807, 2.05) is 42.3 Å². The Hall–Kier alpha value is -2.34. The van der Waals surface area contributed by atoms with Crippen LogP contribution in [0.5, 0.6) is 0 Å². The molecule has 1 aliphatic heterocycles. The number of nitrogens with two attached hydrogens (primary N) is 2. The van der Waals surface area contributed by atoms with Crippen molar-refractivity contribution in [2.24, 2.45) is 5.73 Å². The molecule has 31 heavy (non-hydrogen) atoms. The number of nitrogen functional groups attached to an aromatic ring is 1. The van der Waals surface area contributed by atoms with E-state index < -0.39 is 5.91 Å². The topological polar surface area (TPSA) is 127 Å². The van der Waals surface area contributed by atoms with Gasteiger partial charge in [0.15, 0.2) is 5.16 Å². The van der Waals surface area contributed by atoms with Crippen LogP contribution in [0.15, 0.2) is 29.4 Å². The number of nitrogens with zero attached hydrogens (tertiary/aromatic N) is 3. The highest BCUT2D eigenvalue weighted by molar-refractivity contribution is 7.99. The van der Waals surface area contributed by atoms with Gasteiger partial charge in [0.2, 0.25) is 5.91 Å². The molecule has 0 aliphatic carbocycles. The maximum atomic E-state index is 12.5. The first kappa shape index (κ1) is 21.9. The smallest absolute Gasteiger partial charge is 0.260 e. The largest absolute Gasteiger partial charge is 0.397 e. The number of nitrogens with one attached hydrogen (secondary N) is 1. The molecule has 3 aromatic rings. The van der Waals surface area contributed by atoms with E-state index in [0.29, 0.717) is 33.3 Å². The number of amides is 2. The Morgan fingerprint density at radius 3 is 2.74 bits per heavy atom. The molecule has 0 spiro atoms. The van der Waals surface area contributed by atoms with Gasteiger partial charge in [-0.25, -0.2) is 9.97 Å². The van der Waals surface area contributed by atoms with Gasteiger partial charge in [0.25, 0.3) is 5.91 Å². The summed E-state index contributed by atoms with van der Waals surface area (Å²) in [6.45, 7) is 2.22. The third-order valence-corrected chi connectivity index (χ3v) is 7.47. The van der Waals surface area contributed by atoms with Gasteiger partial charge < -0.3 is 16.8 Å². The highest BCUT2D eigenvalue weighted by Crippen LogP contribution is 2.39. The molecule has 0 atom stereocenters. The SMILES string of the molecule is CSc1nc(-c2cccc(NC(=O)CN3CCSCC3)c2)c2c(N)c(C(N)=O)sc2n1. The third kappa shape index (κ3) is 4.79.